The molecule has 2 aromatic carbocycles. The normalized spacial score (nSPS) is 10.8. The van der Waals surface area contributed by atoms with Crippen LogP contribution in [-0.2, 0) is 7.05 Å². The molecule has 1 aromatic heterocycles. The Morgan fingerprint density at radius 2 is 1.76 bits per heavy atom. The lowest BCUT2D eigenvalue weighted by Gasteiger charge is -2.12. The third-order valence-electron chi connectivity index (χ3n) is 3.85. The molecule has 4 nitrogen and oxygen atoms in total. The third kappa shape index (κ3) is 3.05. The summed E-state index contributed by atoms with van der Waals surface area (Å²) < 4.78 is 26.6. The van der Waals surface area contributed by atoms with Crippen LogP contribution in [0.25, 0.3) is 22.4 Å². The van der Waals surface area contributed by atoms with Crippen LogP contribution in [0.4, 0.5) is 4.39 Å². The van der Waals surface area contributed by atoms with Gasteiger partial charge in [0.05, 0.1) is 41.1 Å². The van der Waals surface area contributed by atoms with Crippen LogP contribution in [0.3, 0.4) is 0 Å². The maximum atomic E-state index is 14.5. The molecule has 3 rings (SSSR count). The van der Waals surface area contributed by atoms with Crippen LogP contribution in [0.15, 0.2) is 36.4 Å². The zero-order chi connectivity index (χ0) is 18.1. The molecular formula is C18H15Cl2FN2O2. The minimum Gasteiger partial charge on any atom is -0.497 e. The van der Waals surface area contributed by atoms with Crippen molar-refractivity contribution in [2.75, 3.05) is 14.2 Å². The molecule has 0 unspecified atom stereocenters. The molecule has 7 heteroatoms. The van der Waals surface area contributed by atoms with E-state index in [-0.39, 0.29) is 10.6 Å². The van der Waals surface area contributed by atoms with Crippen molar-refractivity contribution in [2.45, 2.75) is 0 Å². The number of hydrogen-bond donors (Lipinski definition) is 0. The Bertz CT molecular complexity index is 921. The fourth-order valence-corrected chi connectivity index (χ4v) is 3.24. The quantitative estimate of drug-likeness (QED) is 0.622. The van der Waals surface area contributed by atoms with Crippen molar-refractivity contribution in [1.82, 2.24) is 9.78 Å². The number of aromatic nitrogens is 2. The van der Waals surface area contributed by atoms with Crippen molar-refractivity contribution in [3.63, 3.8) is 0 Å². The van der Waals surface area contributed by atoms with Crippen LogP contribution in [-0.4, -0.2) is 24.0 Å². The fraction of sp³-hybridized carbons (Fsp3) is 0.167. The topological polar surface area (TPSA) is 36.3 Å². The molecule has 0 bridgehead atoms. The Morgan fingerprint density at radius 1 is 1.00 bits per heavy atom. The Hall–Kier alpha value is -2.24. The molecule has 0 saturated carbocycles. The molecule has 0 aliphatic rings. The average molecular weight is 381 g/mol. The van der Waals surface area contributed by atoms with Gasteiger partial charge in [0, 0.05) is 12.6 Å². The van der Waals surface area contributed by atoms with Gasteiger partial charge in [0.15, 0.2) is 0 Å². The molecule has 0 saturated heterocycles. The van der Waals surface area contributed by atoms with E-state index in [0.717, 1.165) is 0 Å². The van der Waals surface area contributed by atoms with Gasteiger partial charge in [-0.2, -0.15) is 0 Å². The molecule has 0 spiro atoms. The maximum Gasteiger partial charge on any atom is 0.241 e. The predicted octanol–water partition coefficient (Wildman–Crippen LogP) is 5.22. The van der Waals surface area contributed by atoms with Crippen LogP contribution in [0.5, 0.6) is 11.6 Å². The first-order valence-corrected chi connectivity index (χ1v) is 8.12. The zero-order valence-corrected chi connectivity index (χ0v) is 15.3. The van der Waals surface area contributed by atoms with E-state index in [4.69, 9.17) is 32.7 Å². The first-order chi connectivity index (χ1) is 12.0. The summed E-state index contributed by atoms with van der Waals surface area (Å²) in [5, 5.41) is 5.03. The van der Waals surface area contributed by atoms with E-state index < -0.39 is 5.82 Å². The molecule has 0 aliphatic heterocycles. The van der Waals surface area contributed by atoms with Gasteiger partial charge >= 0.3 is 0 Å². The van der Waals surface area contributed by atoms with Crippen molar-refractivity contribution >= 4 is 23.2 Å². The minimum absolute atomic E-state index is 0.240. The summed E-state index contributed by atoms with van der Waals surface area (Å²) in [6.07, 6.45) is 0. The summed E-state index contributed by atoms with van der Waals surface area (Å²) in [4.78, 5) is 0. The van der Waals surface area contributed by atoms with Gasteiger partial charge in [-0.25, -0.2) is 4.39 Å². The number of halogens is 3. The molecule has 1 heterocycles. The standard InChI is InChI=1S/C18H15Cl2FN2O2/c1-23-17(16-12(19)5-4-6-14(16)21)15(18(22-23)25-3)11-8-7-10(24-2)9-13(11)20/h4-9H,1-3H3. The van der Waals surface area contributed by atoms with Crippen molar-refractivity contribution in [3.8, 4) is 34.0 Å². The van der Waals surface area contributed by atoms with E-state index in [1.54, 1.807) is 44.5 Å². The number of ether oxygens (including phenoxy) is 2. The Balaban J connectivity index is 2.34. The lowest BCUT2D eigenvalue weighted by Crippen LogP contribution is -1.97. The number of rotatable bonds is 4. The van der Waals surface area contributed by atoms with Crippen LogP contribution in [0.2, 0.25) is 10.0 Å². The predicted molar refractivity (Wildman–Crippen MR) is 97.2 cm³/mol. The monoisotopic (exact) mass is 380 g/mol. The summed E-state index contributed by atoms with van der Waals surface area (Å²) in [5.41, 5.74) is 1.92. The Labute approximate surface area is 154 Å². The first-order valence-electron chi connectivity index (χ1n) is 7.37. The van der Waals surface area contributed by atoms with Crippen molar-refractivity contribution in [3.05, 3.63) is 52.3 Å². The molecule has 0 atom stereocenters. The smallest absolute Gasteiger partial charge is 0.241 e. The van der Waals surface area contributed by atoms with Crippen LogP contribution >= 0.6 is 23.2 Å². The number of nitrogens with zero attached hydrogens (tertiary/aromatic N) is 2. The van der Waals surface area contributed by atoms with Gasteiger partial charge in [-0.3, -0.25) is 4.68 Å². The largest absolute Gasteiger partial charge is 0.497 e. The van der Waals surface area contributed by atoms with E-state index in [2.05, 4.69) is 5.10 Å². The van der Waals surface area contributed by atoms with E-state index in [0.29, 0.717) is 33.5 Å². The molecule has 0 amide bonds. The molecule has 25 heavy (non-hydrogen) atoms. The highest BCUT2D eigenvalue weighted by atomic mass is 35.5. The Morgan fingerprint density at radius 3 is 2.36 bits per heavy atom. The zero-order valence-electron chi connectivity index (χ0n) is 13.8. The molecular weight excluding hydrogens is 366 g/mol. The number of aryl methyl sites for hydroxylation is 1. The third-order valence-corrected chi connectivity index (χ3v) is 4.48. The molecule has 0 fully saturated rings. The number of methoxy groups -OCH3 is 2. The van der Waals surface area contributed by atoms with Gasteiger partial charge in [-0.05, 0) is 30.3 Å². The Kier molecular flexibility index (Phi) is 4.88. The highest BCUT2D eigenvalue weighted by Crippen LogP contribution is 2.45. The van der Waals surface area contributed by atoms with Crippen molar-refractivity contribution in [1.29, 1.82) is 0 Å². The SMILES string of the molecule is COc1ccc(-c2c(OC)nn(C)c2-c2c(F)cccc2Cl)c(Cl)c1. The van der Waals surface area contributed by atoms with Gasteiger partial charge in [-0.1, -0.05) is 29.3 Å². The fourth-order valence-electron chi connectivity index (χ4n) is 2.72. The summed E-state index contributed by atoms with van der Waals surface area (Å²) in [7, 11) is 4.75. The van der Waals surface area contributed by atoms with Crippen molar-refractivity contribution in [2.24, 2.45) is 7.05 Å². The summed E-state index contributed by atoms with van der Waals surface area (Å²) in [5.74, 6) is 0.481. The van der Waals surface area contributed by atoms with E-state index in [1.165, 1.54) is 17.9 Å². The maximum absolute atomic E-state index is 14.5. The van der Waals surface area contributed by atoms with E-state index >= 15 is 0 Å². The second kappa shape index (κ2) is 6.94. The molecule has 3 aromatic rings. The lowest BCUT2D eigenvalue weighted by atomic mass is 10.00. The summed E-state index contributed by atoms with van der Waals surface area (Å²) >= 11 is 12.7. The molecule has 0 aliphatic carbocycles. The lowest BCUT2D eigenvalue weighted by molar-refractivity contribution is 0.393. The summed E-state index contributed by atoms with van der Waals surface area (Å²) in [6, 6.07) is 9.74. The summed E-state index contributed by atoms with van der Waals surface area (Å²) in [6.45, 7) is 0. The molecule has 0 N–H and O–H groups in total. The van der Waals surface area contributed by atoms with E-state index in [9.17, 15) is 4.39 Å². The first kappa shape index (κ1) is 17.6. The van der Waals surface area contributed by atoms with Gasteiger partial charge < -0.3 is 9.47 Å². The average Bonchev–Trinajstić information content (AvgIpc) is 2.91. The molecule has 130 valence electrons. The second-order valence-electron chi connectivity index (χ2n) is 5.30. The van der Waals surface area contributed by atoms with Crippen LogP contribution < -0.4 is 9.47 Å². The van der Waals surface area contributed by atoms with Crippen molar-refractivity contribution < 1.29 is 13.9 Å². The highest BCUT2D eigenvalue weighted by molar-refractivity contribution is 6.34. The van der Waals surface area contributed by atoms with Gasteiger partial charge in [0.25, 0.3) is 0 Å². The van der Waals surface area contributed by atoms with Crippen LogP contribution in [0.1, 0.15) is 0 Å². The minimum atomic E-state index is -0.455. The van der Waals surface area contributed by atoms with E-state index in [1.807, 2.05) is 0 Å². The highest BCUT2D eigenvalue weighted by Gasteiger charge is 2.25. The second-order valence-corrected chi connectivity index (χ2v) is 6.11. The molecule has 0 radical (unpaired) electrons. The number of benzene rings is 2. The van der Waals surface area contributed by atoms with Gasteiger partial charge in [-0.15, -0.1) is 5.10 Å². The number of hydrogen-bond acceptors (Lipinski definition) is 3. The van der Waals surface area contributed by atoms with Gasteiger partial charge in [0.2, 0.25) is 5.88 Å². The van der Waals surface area contributed by atoms with Crippen LogP contribution in [0, 0.1) is 5.82 Å². The van der Waals surface area contributed by atoms with Gasteiger partial charge in [0.1, 0.15) is 11.6 Å².